The van der Waals surface area contributed by atoms with E-state index >= 15 is 0 Å². The summed E-state index contributed by atoms with van der Waals surface area (Å²) < 4.78 is 5.56. The molecule has 15 heavy (non-hydrogen) atoms. The van der Waals surface area contributed by atoms with Gasteiger partial charge in [-0.1, -0.05) is 12.8 Å². The van der Waals surface area contributed by atoms with Gasteiger partial charge in [0.15, 0.2) is 0 Å². The van der Waals surface area contributed by atoms with E-state index in [1.165, 1.54) is 12.8 Å². The summed E-state index contributed by atoms with van der Waals surface area (Å²) in [6, 6.07) is 3.49. The lowest BCUT2D eigenvalue weighted by Crippen LogP contribution is -2.13. The highest BCUT2D eigenvalue weighted by Gasteiger charge is 2.20. The van der Waals surface area contributed by atoms with E-state index in [1.807, 2.05) is 0 Å². The van der Waals surface area contributed by atoms with Crippen LogP contribution in [0.3, 0.4) is 0 Å². The second-order valence-corrected chi connectivity index (χ2v) is 3.87. The number of amidine groups is 1. The SMILES string of the molecule is N=C(N)c1cc(OCCC2CC2)ccn1. The molecule has 0 bridgehead atoms. The van der Waals surface area contributed by atoms with E-state index in [9.17, 15) is 0 Å². The molecule has 80 valence electrons. The van der Waals surface area contributed by atoms with E-state index in [0.717, 1.165) is 24.7 Å². The lowest BCUT2D eigenvalue weighted by atomic mass is 10.3. The van der Waals surface area contributed by atoms with Gasteiger partial charge in [0.25, 0.3) is 0 Å². The third-order valence-electron chi connectivity index (χ3n) is 2.50. The van der Waals surface area contributed by atoms with E-state index in [2.05, 4.69) is 4.98 Å². The molecule has 1 saturated carbocycles. The zero-order chi connectivity index (χ0) is 10.7. The molecule has 1 aliphatic rings. The number of nitrogen functional groups attached to an aromatic ring is 1. The van der Waals surface area contributed by atoms with E-state index in [4.69, 9.17) is 15.9 Å². The summed E-state index contributed by atoms with van der Waals surface area (Å²) in [5.41, 5.74) is 5.81. The number of nitrogens with zero attached hydrogens (tertiary/aromatic N) is 1. The van der Waals surface area contributed by atoms with Crippen molar-refractivity contribution in [2.24, 2.45) is 11.7 Å². The number of nitrogens with one attached hydrogen (secondary N) is 1. The normalized spacial score (nSPS) is 14.9. The fraction of sp³-hybridized carbons (Fsp3) is 0.455. The highest BCUT2D eigenvalue weighted by atomic mass is 16.5. The summed E-state index contributed by atoms with van der Waals surface area (Å²) in [7, 11) is 0. The summed E-state index contributed by atoms with van der Waals surface area (Å²) in [6.45, 7) is 0.742. The molecule has 0 radical (unpaired) electrons. The Bertz CT molecular complexity index is 361. The lowest BCUT2D eigenvalue weighted by molar-refractivity contribution is 0.302. The smallest absolute Gasteiger partial charge is 0.141 e. The molecule has 0 saturated heterocycles. The zero-order valence-corrected chi connectivity index (χ0v) is 8.57. The molecule has 1 aromatic rings. The summed E-state index contributed by atoms with van der Waals surface area (Å²) in [5.74, 6) is 1.60. The molecule has 1 heterocycles. The number of nitrogens with two attached hydrogens (primary N) is 1. The molecule has 1 aromatic heterocycles. The Hall–Kier alpha value is -1.58. The second-order valence-electron chi connectivity index (χ2n) is 3.87. The maximum atomic E-state index is 7.25. The molecule has 1 fully saturated rings. The van der Waals surface area contributed by atoms with Crippen LogP contribution < -0.4 is 10.5 Å². The van der Waals surface area contributed by atoms with Crippen molar-refractivity contribution >= 4 is 5.84 Å². The number of aromatic nitrogens is 1. The monoisotopic (exact) mass is 205 g/mol. The zero-order valence-electron chi connectivity index (χ0n) is 8.57. The van der Waals surface area contributed by atoms with Crippen LogP contribution in [0.2, 0.25) is 0 Å². The Morgan fingerprint density at radius 2 is 2.40 bits per heavy atom. The minimum absolute atomic E-state index is 0.0253. The van der Waals surface area contributed by atoms with Crippen LogP contribution >= 0.6 is 0 Å². The van der Waals surface area contributed by atoms with Crippen molar-refractivity contribution in [3.8, 4) is 5.75 Å². The Kier molecular flexibility index (Phi) is 2.85. The molecule has 0 aromatic carbocycles. The van der Waals surface area contributed by atoms with E-state index in [0.29, 0.717) is 5.69 Å². The lowest BCUT2D eigenvalue weighted by Gasteiger charge is -2.06. The van der Waals surface area contributed by atoms with Crippen LogP contribution in [0.15, 0.2) is 18.3 Å². The van der Waals surface area contributed by atoms with Gasteiger partial charge >= 0.3 is 0 Å². The predicted molar refractivity (Wildman–Crippen MR) is 58.1 cm³/mol. The van der Waals surface area contributed by atoms with Gasteiger partial charge in [0, 0.05) is 12.3 Å². The molecule has 4 heteroatoms. The van der Waals surface area contributed by atoms with Gasteiger partial charge in [0.2, 0.25) is 0 Å². The molecule has 2 rings (SSSR count). The number of ether oxygens (including phenoxy) is 1. The minimum atomic E-state index is -0.0253. The van der Waals surface area contributed by atoms with Crippen molar-refractivity contribution in [1.82, 2.24) is 4.98 Å². The molecule has 0 atom stereocenters. The first kappa shape index (κ1) is 9.96. The summed E-state index contributed by atoms with van der Waals surface area (Å²) in [4.78, 5) is 3.96. The standard InChI is InChI=1S/C11H15N3O/c12-11(13)10-7-9(3-5-14-10)15-6-4-8-1-2-8/h3,5,7-8H,1-2,4,6H2,(H3,12,13). The molecular weight excluding hydrogens is 190 g/mol. The van der Waals surface area contributed by atoms with Crippen molar-refractivity contribution in [3.05, 3.63) is 24.0 Å². The summed E-state index contributed by atoms with van der Waals surface area (Å²) >= 11 is 0. The van der Waals surface area contributed by atoms with Crippen molar-refractivity contribution < 1.29 is 4.74 Å². The maximum absolute atomic E-state index is 7.25. The van der Waals surface area contributed by atoms with Crippen molar-refractivity contribution in [2.75, 3.05) is 6.61 Å². The molecule has 0 aliphatic heterocycles. The minimum Gasteiger partial charge on any atom is -0.493 e. The molecule has 1 aliphatic carbocycles. The van der Waals surface area contributed by atoms with Crippen molar-refractivity contribution in [3.63, 3.8) is 0 Å². The number of hydrogen-bond donors (Lipinski definition) is 2. The van der Waals surface area contributed by atoms with Crippen LogP contribution in [0.5, 0.6) is 5.75 Å². The Morgan fingerprint density at radius 3 is 3.07 bits per heavy atom. The second kappa shape index (κ2) is 4.29. The van der Waals surface area contributed by atoms with Crippen LogP contribution in [0.25, 0.3) is 0 Å². The van der Waals surface area contributed by atoms with Crippen molar-refractivity contribution in [1.29, 1.82) is 5.41 Å². The first-order chi connectivity index (χ1) is 7.25. The third-order valence-corrected chi connectivity index (χ3v) is 2.50. The molecule has 4 nitrogen and oxygen atoms in total. The highest BCUT2D eigenvalue weighted by molar-refractivity contribution is 5.93. The van der Waals surface area contributed by atoms with Crippen LogP contribution in [-0.2, 0) is 0 Å². The van der Waals surface area contributed by atoms with Crippen LogP contribution in [0.1, 0.15) is 25.0 Å². The van der Waals surface area contributed by atoms with E-state index < -0.39 is 0 Å². The Morgan fingerprint density at radius 1 is 1.60 bits per heavy atom. The molecule has 0 amide bonds. The highest BCUT2D eigenvalue weighted by Crippen LogP contribution is 2.32. The largest absolute Gasteiger partial charge is 0.493 e. The van der Waals surface area contributed by atoms with Crippen LogP contribution in [0, 0.1) is 11.3 Å². The van der Waals surface area contributed by atoms with E-state index in [-0.39, 0.29) is 5.84 Å². The average molecular weight is 205 g/mol. The summed E-state index contributed by atoms with van der Waals surface area (Å²) in [6.07, 6.45) is 5.43. The van der Waals surface area contributed by atoms with Gasteiger partial charge in [0.05, 0.1) is 6.61 Å². The fourth-order valence-electron chi connectivity index (χ4n) is 1.40. The van der Waals surface area contributed by atoms with Crippen LogP contribution in [0.4, 0.5) is 0 Å². The molecule has 3 N–H and O–H groups in total. The first-order valence-corrected chi connectivity index (χ1v) is 5.19. The van der Waals surface area contributed by atoms with Crippen LogP contribution in [-0.4, -0.2) is 17.4 Å². The quantitative estimate of drug-likeness (QED) is 0.565. The van der Waals surface area contributed by atoms with Gasteiger partial charge in [0.1, 0.15) is 17.3 Å². The van der Waals surface area contributed by atoms with Gasteiger partial charge in [-0.25, -0.2) is 0 Å². The number of pyridine rings is 1. The fourth-order valence-corrected chi connectivity index (χ4v) is 1.40. The number of hydrogen-bond acceptors (Lipinski definition) is 3. The molecular formula is C11H15N3O. The Labute approximate surface area is 89.0 Å². The van der Waals surface area contributed by atoms with Gasteiger partial charge in [-0.3, -0.25) is 10.4 Å². The molecule has 0 spiro atoms. The number of rotatable bonds is 5. The maximum Gasteiger partial charge on any atom is 0.141 e. The summed E-state index contributed by atoms with van der Waals surface area (Å²) in [5, 5.41) is 7.25. The van der Waals surface area contributed by atoms with E-state index in [1.54, 1.807) is 18.3 Å². The van der Waals surface area contributed by atoms with Crippen molar-refractivity contribution in [2.45, 2.75) is 19.3 Å². The average Bonchev–Trinajstić information content (AvgIpc) is 3.02. The molecule has 0 unspecified atom stereocenters. The topological polar surface area (TPSA) is 72.0 Å². The first-order valence-electron chi connectivity index (χ1n) is 5.19. The van der Waals surface area contributed by atoms with Gasteiger partial charge < -0.3 is 10.5 Å². The Balaban J connectivity index is 1.88. The van der Waals surface area contributed by atoms with Gasteiger partial charge in [-0.15, -0.1) is 0 Å². The van der Waals surface area contributed by atoms with Gasteiger partial charge in [-0.05, 0) is 18.4 Å². The predicted octanol–water partition coefficient (Wildman–Crippen LogP) is 1.54. The van der Waals surface area contributed by atoms with Gasteiger partial charge in [-0.2, -0.15) is 0 Å². The third kappa shape index (κ3) is 2.94.